The van der Waals surface area contributed by atoms with Crippen molar-refractivity contribution in [1.82, 2.24) is 10.3 Å². The summed E-state index contributed by atoms with van der Waals surface area (Å²) in [6.07, 6.45) is 3.26. The molecule has 0 unspecified atom stereocenters. The minimum Gasteiger partial charge on any atom is -0.380 e. The Morgan fingerprint density at radius 2 is 1.81 bits per heavy atom. The number of carbonyl (C=O) groups is 1. The highest BCUT2D eigenvalue weighted by molar-refractivity contribution is 6.31. The number of hydrogen-bond acceptors (Lipinski definition) is 3. The third-order valence-corrected chi connectivity index (χ3v) is 4.38. The molecule has 1 aromatic heterocycles. The summed E-state index contributed by atoms with van der Waals surface area (Å²) in [6, 6.07) is 17.6. The normalized spacial score (nSPS) is 10.4. The number of anilines is 1. The lowest BCUT2D eigenvalue weighted by Crippen LogP contribution is -2.23. The molecule has 0 aliphatic heterocycles. The topological polar surface area (TPSA) is 54.0 Å². The van der Waals surface area contributed by atoms with E-state index in [9.17, 15) is 4.79 Å². The maximum atomic E-state index is 12.4. The molecular weight excluding hydrogens is 346 g/mol. The Labute approximate surface area is 158 Å². The van der Waals surface area contributed by atoms with E-state index in [0.29, 0.717) is 23.7 Å². The van der Waals surface area contributed by atoms with Crippen molar-refractivity contribution in [3.05, 3.63) is 94.3 Å². The van der Waals surface area contributed by atoms with Gasteiger partial charge in [-0.2, -0.15) is 0 Å². The number of pyridine rings is 1. The second-order valence-electron chi connectivity index (χ2n) is 6.08. The van der Waals surface area contributed by atoms with Crippen molar-refractivity contribution in [2.75, 3.05) is 5.32 Å². The van der Waals surface area contributed by atoms with Gasteiger partial charge in [-0.25, -0.2) is 0 Å². The second kappa shape index (κ2) is 8.50. The van der Waals surface area contributed by atoms with E-state index in [-0.39, 0.29) is 5.91 Å². The number of aryl methyl sites for hydroxylation is 1. The molecule has 0 aliphatic carbocycles. The van der Waals surface area contributed by atoms with Gasteiger partial charge in [0.2, 0.25) is 0 Å². The maximum Gasteiger partial charge on any atom is 0.253 e. The molecule has 0 saturated carbocycles. The number of nitrogens with zero attached hydrogens (tertiary/aromatic N) is 1. The highest BCUT2D eigenvalue weighted by atomic mass is 35.5. The van der Waals surface area contributed by atoms with E-state index in [1.807, 2.05) is 18.2 Å². The Bertz CT molecular complexity index is 894. The molecule has 0 saturated heterocycles. The first kappa shape index (κ1) is 18.0. The van der Waals surface area contributed by atoms with Crippen LogP contribution in [0.3, 0.4) is 0 Å². The van der Waals surface area contributed by atoms with Crippen LogP contribution in [-0.2, 0) is 13.1 Å². The zero-order chi connectivity index (χ0) is 18.4. The van der Waals surface area contributed by atoms with E-state index in [2.05, 4.69) is 46.8 Å². The molecule has 3 rings (SSSR count). The lowest BCUT2D eigenvalue weighted by Gasteiger charge is -2.09. The van der Waals surface area contributed by atoms with Crippen LogP contribution in [0.5, 0.6) is 0 Å². The molecule has 1 amide bonds. The Kier molecular flexibility index (Phi) is 5.87. The number of rotatable bonds is 6. The molecule has 5 heteroatoms. The maximum absolute atomic E-state index is 12.4. The number of benzene rings is 2. The average Bonchev–Trinajstić information content (AvgIpc) is 2.67. The second-order valence-corrected chi connectivity index (χ2v) is 6.48. The van der Waals surface area contributed by atoms with Crippen LogP contribution in [0, 0.1) is 6.92 Å². The quantitative estimate of drug-likeness (QED) is 0.672. The van der Waals surface area contributed by atoms with E-state index in [4.69, 9.17) is 11.6 Å². The lowest BCUT2D eigenvalue weighted by molar-refractivity contribution is 0.0950. The van der Waals surface area contributed by atoms with E-state index in [0.717, 1.165) is 11.3 Å². The van der Waals surface area contributed by atoms with E-state index in [1.54, 1.807) is 24.5 Å². The van der Waals surface area contributed by atoms with Gasteiger partial charge in [0, 0.05) is 30.5 Å². The molecule has 2 N–H and O–H groups in total. The third kappa shape index (κ3) is 4.83. The molecule has 26 heavy (non-hydrogen) atoms. The zero-order valence-electron chi connectivity index (χ0n) is 14.5. The number of amides is 1. The first-order chi connectivity index (χ1) is 12.6. The number of carbonyl (C=O) groups excluding carboxylic acids is 1. The largest absolute Gasteiger partial charge is 0.380 e. The molecule has 0 bridgehead atoms. The van der Waals surface area contributed by atoms with Crippen LogP contribution >= 0.6 is 11.6 Å². The minimum atomic E-state index is -0.184. The van der Waals surface area contributed by atoms with Crippen LogP contribution in [0.15, 0.2) is 67.0 Å². The molecule has 4 nitrogen and oxygen atoms in total. The van der Waals surface area contributed by atoms with Crippen LogP contribution in [0.2, 0.25) is 5.02 Å². The molecular formula is C21H20ClN3O. The van der Waals surface area contributed by atoms with E-state index in [1.165, 1.54) is 11.1 Å². The summed E-state index contributed by atoms with van der Waals surface area (Å²) in [4.78, 5) is 16.5. The molecule has 0 radical (unpaired) electrons. The van der Waals surface area contributed by atoms with Crippen molar-refractivity contribution in [2.24, 2.45) is 0 Å². The van der Waals surface area contributed by atoms with Crippen LogP contribution in [0.1, 0.15) is 27.0 Å². The summed E-state index contributed by atoms with van der Waals surface area (Å²) >= 11 is 6.11. The number of halogens is 1. The van der Waals surface area contributed by atoms with E-state index < -0.39 is 0 Å². The first-order valence-electron chi connectivity index (χ1n) is 8.38. The summed E-state index contributed by atoms with van der Waals surface area (Å²) in [5.74, 6) is -0.184. The SMILES string of the molecule is Cc1ccc(CNc2cncc(C(=O)NCc3ccccc3Cl)c2)cc1. The van der Waals surface area contributed by atoms with Crippen molar-refractivity contribution < 1.29 is 4.79 Å². The summed E-state index contributed by atoms with van der Waals surface area (Å²) < 4.78 is 0. The minimum absolute atomic E-state index is 0.184. The Morgan fingerprint density at radius 1 is 1.04 bits per heavy atom. The van der Waals surface area contributed by atoms with Gasteiger partial charge in [-0.15, -0.1) is 0 Å². The fourth-order valence-electron chi connectivity index (χ4n) is 2.49. The van der Waals surface area contributed by atoms with Gasteiger partial charge in [-0.3, -0.25) is 9.78 Å². The number of hydrogen-bond donors (Lipinski definition) is 2. The summed E-state index contributed by atoms with van der Waals surface area (Å²) in [7, 11) is 0. The standard InChI is InChI=1S/C21H20ClN3O/c1-15-6-8-16(9-7-15)11-24-19-10-18(12-23-14-19)21(26)25-13-17-4-2-3-5-20(17)22/h2-10,12,14,24H,11,13H2,1H3,(H,25,26). The number of nitrogens with one attached hydrogen (secondary N) is 2. The smallest absolute Gasteiger partial charge is 0.253 e. The Balaban J connectivity index is 1.60. The highest BCUT2D eigenvalue weighted by Crippen LogP contribution is 2.15. The summed E-state index contributed by atoms with van der Waals surface area (Å²) in [5.41, 5.74) is 4.59. The van der Waals surface area contributed by atoms with Gasteiger partial charge < -0.3 is 10.6 Å². The van der Waals surface area contributed by atoms with Gasteiger partial charge in [0.25, 0.3) is 5.91 Å². The van der Waals surface area contributed by atoms with E-state index >= 15 is 0 Å². The lowest BCUT2D eigenvalue weighted by atomic mass is 10.1. The van der Waals surface area contributed by atoms with Gasteiger partial charge >= 0.3 is 0 Å². The predicted octanol–water partition coefficient (Wildman–Crippen LogP) is 4.59. The molecule has 132 valence electrons. The van der Waals surface area contributed by atoms with Crippen molar-refractivity contribution >= 4 is 23.2 Å². The summed E-state index contributed by atoms with van der Waals surface area (Å²) in [6.45, 7) is 3.11. The van der Waals surface area contributed by atoms with Gasteiger partial charge in [0.1, 0.15) is 0 Å². The molecule has 2 aromatic carbocycles. The monoisotopic (exact) mass is 365 g/mol. The first-order valence-corrected chi connectivity index (χ1v) is 8.76. The Morgan fingerprint density at radius 3 is 2.58 bits per heavy atom. The van der Waals surface area contributed by atoms with Gasteiger partial charge in [-0.1, -0.05) is 59.6 Å². The van der Waals surface area contributed by atoms with Crippen molar-refractivity contribution in [1.29, 1.82) is 0 Å². The number of aromatic nitrogens is 1. The Hall–Kier alpha value is -2.85. The van der Waals surface area contributed by atoms with Gasteiger partial charge in [0.15, 0.2) is 0 Å². The van der Waals surface area contributed by atoms with Crippen LogP contribution in [0.25, 0.3) is 0 Å². The predicted molar refractivity (Wildman–Crippen MR) is 105 cm³/mol. The zero-order valence-corrected chi connectivity index (χ0v) is 15.3. The van der Waals surface area contributed by atoms with Gasteiger partial charge in [-0.05, 0) is 30.2 Å². The molecule has 0 atom stereocenters. The van der Waals surface area contributed by atoms with Gasteiger partial charge in [0.05, 0.1) is 11.3 Å². The van der Waals surface area contributed by atoms with Crippen LogP contribution < -0.4 is 10.6 Å². The molecule has 0 aliphatic rings. The van der Waals surface area contributed by atoms with Crippen molar-refractivity contribution in [3.63, 3.8) is 0 Å². The fraction of sp³-hybridized carbons (Fsp3) is 0.143. The van der Waals surface area contributed by atoms with Crippen LogP contribution in [0.4, 0.5) is 5.69 Å². The average molecular weight is 366 g/mol. The molecule has 3 aromatic rings. The molecule has 1 heterocycles. The third-order valence-electron chi connectivity index (χ3n) is 4.01. The molecule has 0 fully saturated rings. The van der Waals surface area contributed by atoms with Crippen molar-refractivity contribution in [2.45, 2.75) is 20.0 Å². The highest BCUT2D eigenvalue weighted by Gasteiger charge is 2.08. The fourth-order valence-corrected chi connectivity index (χ4v) is 2.69. The van der Waals surface area contributed by atoms with Crippen molar-refractivity contribution in [3.8, 4) is 0 Å². The molecule has 0 spiro atoms. The summed E-state index contributed by atoms with van der Waals surface area (Å²) in [5, 5.41) is 6.81. The van der Waals surface area contributed by atoms with Crippen LogP contribution in [-0.4, -0.2) is 10.9 Å².